The monoisotopic (exact) mass is 349 g/mol. The molecule has 0 fully saturated rings. The van der Waals surface area contributed by atoms with Gasteiger partial charge in [0.15, 0.2) is 0 Å². The molecule has 0 N–H and O–H groups in total. The molecule has 1 aromatic heterocycles. The molecular formula is C20H16ClN3O. The van der Waals surface area contributed by atoms with Gasteiger partial charge in [-0.25, -0.2) is 14.4 Å². The summed E-state index contributed by atoms with van der Waals surface area (Å²) < 4.78 is 1.54. The highest BCUT2D eigenvalue weighted by atomic mass is 35.5. The molecule has 0 radical (unpaired) electrons. The number of aliphatic imine (C=N–C) groups is 1. The Balaban J connectivity index is 2.02. The maximum Gasteiger partial charge on any atom is 0.355 e. The normalized spacial score (nSPS) is 16.2. The van der Waals surface area contributed by atoms with E-state index in [1.807, 2.05) is 55.5 Å². The number of nitrogens with zero attached hydrogens (tertiary/aromatic N) is 3. The van der Waals surface area contributed by atoms with Gasteiger partial charge in [0.05, 0.1) is 5.69 Å². The van der Waals surface area contributed by atoms with Gasteiger partial charge in [-0.05, 0) is 31.0 Å². The first-order valence-corrected chi connectivity index (χ1v) is 8.50. The van der Waals surface area contributed by atoms with Crippen LogP contribution in [0.25, 0.3) is 5.69 Å². The second kappa shape index (κ2) is 6.30. The number of aromatic nitrogens is 2. The van der Waals surface area contributed by atoms with Crippen molar-refractivity contribution < 1.29 is 0 Å². The van der Waals surface area contributed by atoms with Gasteiger partial charge in [0.1, 0.15) is 11.0 Å². The first-order chi connectivity index (χ1) is 12.1. The number of benzene rings is 2. The third kappa shape index (κ3) is 2.79. The minimum absolute atomic E-state index is 0.0317. The second-order valence-electron chi connectivity index (χ2n) is 6.11. The van der Waals surface area contributed by atoms with Gasteiger partial charge in [-0.2, -0.15) is 4.98 Å². The van der Waals surface area contributed by atoms with Crippen molar-refractivity contribution >= 4 is 23.1 Å². The lowest BCUT2D eigenvalue weighted by Gasteiger charge is -2.26. The summed E-state index contributed by atoms with van der Waals surface area (Å²) >= 11 is 6.41. The maximum absolute atomic E-state index is 12.6. The van der Waals surface area contributed by atoms with Gasteiger partial charge in [0.2, 0.25) is 0 Å². The van der Waals surface area contributed by atoms with Crippen molar-refractivity contribution in [2.24, 2.45) is 4.99 Å². The smallest absolute Gasteiger partial charge is 0.245 e. The minimum atomic E-state index is -0.416. The van der Waals surface area contributed by atoms with Crippen molar-refractivity contribution in [1.82, 2.24) is 9.55 Å². The predicted molar refractivity (Wildman–Crippen MR) is 101 cm³/mol. The molecule has 0 amide bonds. The summed E-state index contributed by atoms with van der Waals surface area (Å²) in [5, 5.41) is 0.234. The summed E-state index contributed by atoms with van der Waals surface area (Å²) in [6.07, 6.45) is 0.755. The molecule has 1 unspecified atom stereocenters. The Morgan fingerprint density at radius 1 is 1.04 bits per heavy atom. The van der Waals surface area contributed by atoms with Gasteiger partial charge < -0.3 is 0 Å². The number of para-hydroxylation sites is 1. The van der Waals surface area contributed by atoms with E-state index >= 15 is 0 Å². The Kier molecular flexibility index (Phi) is 3.98. The lowest BCUT2D eigenvalue weighted by molar-refractivity contribution is 0.782. The molecule has 25 heavy (non-hydrogen) atoms. The van der Waals surface area contributed by atoms with Crippen molar-refractivity contribution in [2.45, 2.75) is 19.3 Å². The summed E-state index contributed by atoms with van der Waals surface area (Å²) in [5.41, 5.74) is 3.23. The van der Waals surface area contributed by atoms with Gasteiger partial charge >= 0.3 is 5.69 Å². The van der Waals surface area contributed by atoms with Crippen LogP contribution in [0.2, 0.25) is 5.15 Å². The summed E-state index contributed by atoms with van der Waals surface area (Å²) in [6, 6.07) is 19.6. The van der Waals surface area contributed by atoms with E-state index in [2.05, 4.69) is 22.1 Å². The highest BCUT2D eigenvalue weighted by Gasteiger charge is 2.29. The van der Waals surface area contributed by atoms with Crippen LogP contribution in [0.5, 0.6) is 0 Å². The fraction of sp³-hybridized carbons (Fsp3) is 0.150. The fourth-order valence-electron chi connectivity index (χ4n) is 3.31. The van der Waals surface area contributed by atoms with Crippen molar-refractivity contribution in [3.63, 3.8) is 0 Å². The van der Waals surface area contributed by atoms with Crippen LogP contribution in [-0.2, 0) is 0 Å². The molecule has 0 bridgehead atoms. The lowest BCUT2D eigenvalue weighted by Crippen LogP contribution is -2.26. The van der Waals surface area contributed by atoms with Crippen molar-refractivity contribution in [3.05, 3.63) is 87.4 Å². The molecule has 124 valence electrons. The Morgan fingerprint density at radius 2 is 1.68 bits per heavy atom. The second-order valence-corrected chi connectivity index (χ2v) is 6.47. The van der Waals surface area contributed by atoms with Crippen LogP contribution in [0, 0.1) is 0 Å². The molecule has 0 saturated heterocycles. The lowest BCUT2D eigenvalue weighted by atomic mass is 9.86. The Bertz CT molecular complexity index is 1010. The van der Waals surface area contributed by atoms with Crippen LogP contribution < -0.4 is 5.69 Å². The zero-order valence-electron chi connectivity index (χ0n) is 13.7. The van der Waals surface area contributed by atoms with Gasteiger partial charge in [-0.1, -0.05) is 60.1 Å². The van der Waals surface area contributed by atoms with Crippen LogP contribution in [-0.4, -0.2) is 15.3 Å². The molecule has 3 aromatic rings. The molecule has 4 nitrogen and oxygen atoms in total. The van der Waals surface area contributed by atoms with Gasteiger partial charge in [-0.3, -0.25) is 0 Å². The van der Waals surface area contributed by atoms with E-state index in [0.29, 0.717) is 5.82 Å². The van der Waals surface area contributed by atoms with Gasteiger partial charge in [0.25, 0.3) is 0 Å². The van der Waals surface area contributed by atoms with Gasteiger partial charge in [0, 0.05) is 17.2 Å². The highest BCUT2D eigenvalue weighted by Crippen LogP contribution is 2.41. The molecule has 2 aromatic carbocycles. The zero-order chi connectivity index (χ0) is 17.4. The van der Waals surface area contributed by atoms with Crippen LogP contribution >= 0.6 is 11.6 Å². The average molecular weight is 350 g/mol. The van der Waals surface area contributed by atoms with E-state index in [1.54, 1.807) is 4.57 Å². The van der Waals surface area contributed by atoms with Crippen molar-refractivity contribution in [3.8, 4) is 5.69 Å². The molecule has 0 spiro atoms. The van der Waals surface area contributed by atoms with E-state index in [-0.39, 0.29) is 11.1 Å². The van der Waals surface area contributed by atoms with E-state index in [4.69, 9.17) is 11.6 Å². The van der Waals surface area contributed by atoms with E-state index in [1.165, 1.54) is 0 Å². The third-order valence-electron chi connectivity index (χ3n) is 4.42. The molecule has 0 saturated carbocycles. The van der Waals surface area contributed by atoms with E-state index in [0.717, 1.165) is 28.9 Å². The van der Waals surface area contributed by atoms with Crippen LogP contribution in [0.1, 0.15) is 30.4 Å². The number of hydrogen-bond donors (Lipinski definition) is 0. The number of halogens is 1. The Hall–Kier alpha value is -2.72. The molecule has 1 aliphatic heterocycles. The number of rotatable bonds is 2. The van der Waals surface area contributed by atoms with Crippen LogP contribution in [0.15, 0.2) is 70.5 Å². The Labute approximate surface area is 150 Å². The molecule has 5 heteroatoms. The molecule has 4 rings (SSSR count). The van der Waals surface area contributed by atoms with Gasteiger partial charge in [-0.15, -0.1) is 0 Å². The number of fused-ring (bicyclic) bond motifs is 1. The molecular weight excluding hydrogens is 334 g/mol. The van der Waals surface area contributed by atoms with Crippen molar-refractivity contribution in [2.75, 3.05) is 0 Å². The molecule has 1 atom stereocenters. The predicted octanol–water partition coefficient (Wildman–Crippen LogP) is 4.51. The standard InChI is InChI=1S/C20H16ClN3O/c1-13-12-16(14-8-4-2-5-9-14)17-18(21)23-20(25)24(19(17)22-13)15-10-6-3-7-11-15/h2-11,16H,12H2,1H3. The summed E-state index contributed by atoms with van der Waals surface area (Å²) in [5.74, 6) is 0.609. The zero-order valence-corrected chi connectivity index (χ0v) is 14.4. The largest absolute Gasteiger partial charge is 0.355 e. The molecule has 1 aliphatic rings. The maximum atomic E-state index is 12.6. The quantitative estimate of drug-likeness (QED) is 0.639. The Morgan fingerprint density at radius 3 is 2.36 bits per heavy atom. The number of hydrogen-bond acceptors (Lipinski definition) is 3. The topological polar surface area (TPSA) is 47.2 Å². The van der Waals surface area contributed by atoms with E-state index < -0.39 is 5.69 Å². The summed E-state index contributed by atoms with van der Waals surface area (Å²) in [4.78, 5) is 21.3. The average Bonchev–Trinajstić information content (AvgIpc) is 2.62. The van der Waals surface area contributed by atoms with Crippen molar-refractivity contribution in [1.29, 1.82) is 0 Å². The SMILES string of the molecule is CC1=Nc2c(c(Cl)nc(=O)n2-c2ccccc2)C(c2ccccc2)C1. The molecule has 2 heterocycles. The third-order valence-corrected chi connectivity index (χ3v) is 4.71. The van der Waals surface area contributed by atoms with Crippen LogP contribution in [0.3, 0.4) is 0 Å². The fourth-order valence-corrected chi connectivity index (χ4v) is 3.60. The van der Waals surface area contributed by atoms with Crippen LogP contribution in [0.4, 0.5) is 5.82 Å². The first-order valence-electron chi connectivity index (χ1n) is 8.12. The highest BCUT2D eigenvalue weighted by molar-refractivity contribution is 6.30. The molecule has 0 aliphatic carbocycles. The minimum Gasteiger partial charge on any atom is -0.245 e. The first kappa shape index (κ1) is 15.8. The summed E-state index contributed by atoms with van der Waals surface area (Å²) in [6.45, 7) is 1.98. The van der Waals surface area contributed by atoms with E-state index in [9.17, 15) is 4.79 Å². The summed E-state index contributed by atoms with van der Waals surface area (Å²) in [7, 11) is 0.